The van der Waals surface area contributed by atoms with Gasteiger partial charge in [-0.3, -0.25) is 0 Å². The Bertz CT molecular complexity index is 498. The molecule has 0 radical (unpaired) electrons. The van der Waals surface area contributed by atoms with Gasteiger partial charge in [-0.1, -0.05) is 20.8 Å². The molecule has 1 aliphatic carbocycles. The number of hydrogen-bond donors (Lipinski definition) is 0. The Morgan fingerprint density at radius 1 is 1.05 bits per heavy atom. The Morgan fingerprint density at radius 3 is 2.10 bits per heavy atom. The molecule has 0 bridgehead atoms. The van der Waals surface area contributed by atoms with Gasteiger partial charge in [0.25, 0.3) is 0 Å². The monoisotopic (exact) mass is 382 g/mol. The Balaban J connectivity index is 0. The molecular formula is C17H18Cl2Zr. The molecule has 0 spiro atoms. The first-order valence-corrected chi connectivity index (χ1v) is 6.07. The quantitative estimate of drug-likeness (QED) is 0.501. The molecule has 0 fully saturated rings. The maximum atomic E-state index is 3.30. The van der Waals surface area contributed by atoms with Gasteiger partial charge < -0.3 is 24.8 Å². The standard InChI is InChI=1S/C12H13.C5H5.2ClH.Zr/c1-8-9(2)11-6-4-5-7-12(11)10(8)3;1-2-4-5-3-1;;;/h4-6,9H,1-3H3;1-5H;2*1H;/q2*-1;;;+4/p-2. The van der Waals surface area contributed by atoms with Crippen LogP contribution in [0.1, 0.15) is 37.8 Å². The molecule has 0 heterocycles. The molecule has 104 valence electrons. The SMILES string of the molecule is CC1=C(C)C(C)c2ccc[c-]c21.[Cl-].[Cl-].[Zr+4].c1cc[cH-]c1. The summed E-state index contributed by atoms with van der Waals surface area (Å²) in [7, 11) is 0. The van der Waals surface area contributed by atoms with Crippen LogP contribution >= 0.6 is 0 Å². The van der Waals surface area contributed by atoms with Gasteiger partial charge in [0.2, 0.25) is 0 Å². The average molecular weight is 384 g/mol. The molecule has 20 heavy (non-hydrogen) atoms. The molecule has 0 saturated carbocycles. The van der Waals surface area contributed by atoms with E-state index < -0.39 is 0 Å². The van der Waals surface area contributed by atoms with E-state index in [0.717, 1.165) is 0 Å². The van der Waals surface area contributed by atoms with E-state index in [-0.39, 0.29) is 51.0 Å². The zero-order valence-electron chi connectivity index (χ0n) is 12.0. The third-order valence-corrected chi connectivity index (χ3v) is 3.53. The van der Waals surface area contributed by atoms with Gasteiger partial charge in [-0.2, -0.15) is 18.2 Å². The van der Waals surface area contributed by atoms with Gasteiger partial charge in [-0.05, 0) is 5.92 Å². The van der Waals surface area contributed by atoms with E-state index in [1.54, 1.807) is 0 Å². The molecule has 0 N–H and O–H groups in total. The summed E-state index contributed by atoms with van der Waals surface area (Å²) in [6, 6.07) is 19.6. The largest absolute Gasteiger partial charge is 4.00 e. The summed E-state index contributed by atoms with van der Waals surface area (Å²) in [5.74, 6) is 0.595. The van der Waals surface area contributed by atoms with E-state index in [4.69, 9.17) is 0 Å². The van der Waals surface area contributed by atoms with Crippen LogP contribution in [0.25, 0.3) is 5.57 Å². The number of rotatable bonds is 0. The number of halogens is 2. The first kappa shape index (κ1) is 22.1. The zero-order valence-corrected chi connectivity index (χ0v) is 15.9. The summed E-state index contributed by atoms with van der Waals surface area (Å²) in [5.41, 5.74) is 5.67. The third kappa shape index (κ3) is 4.95. The van der Waals surface area contributed by atoms with Crippen LogP contribution in [0.4, 0.5) is 0 Å². The van der Waals surface area contributed by atoms with Gasteiger partial charge in [-0.25, -0.2) is 12.1 Å². The maximum absolute atomic E-state index is 3.30. The average Bonchev–Trinajstić information content (AvgIpc) is 3.00. The summed E-state index contributed by atoms with van der Waals surface area (Å²) in [4.78, 5) is 0. The normalized spacial score (nSPS) is 14.8. The second-order valence-corrected chi connectivity index (χ2v) is 4.49. The first-order chi connectivity index (χ1) is 8.22. The molecule has 1 unspecified atom stereocenters. The fourth-order valence-corrected chi connectivity index (χ4v) is 2.21. The van der Waals surface area contributed by atoms with E-state index in [1.165, 1.54) is 22.3 Å². The summed E-state index contributed by atoms with van der Waals surface area (Å²) in [5, 5.41) is 0. The van der Waals surface area contributed by atoms with Crippen LogP contribution in [-0.2, 0) is 26.2 Å². The number of benzene rings is 1. The van der Waals surface area contributed by atoms with Crippen LogP contribution in [0, 0.1) is 6.07 Å². The number of allylic oxidation sites excluding steroid dienone is 2. The fraction of sp³-hybridized carbons (Fsp3) is 0.235. The van der Waals surface area contributed by atoms with Gasteiger partial charge in [0, 0.05) is 0 Å². The molecule has 1 aliphatic rings. The molecule has 0 nitrogen and oxygen atoms in total. The molecule has 2 aromatic rings. The summed E-state index contributed by atoms with van der Waals surface area (Å²) >= 11 is 0. The third-order valence-electron chi connectivity index (χ3n) is 3.53. The molecule has 3 rings (SSSR count). The Hall–Kier alpha value is -0.227. The van der Waals surface area contributed by atoms with Crippen LogP contribution in [0.15, 0.2) is 54.1 Å². The molecule has 1 atom stereocenters. The van der Waals surface area contributed by atoms with Crippen LogP contribution in [-0.4, -0.2) is 0 Å². The van der Waals surface area contributed by atoms with E-state index in [1.807, 2.05) is 36.4 Å². The number of fused-ring (bicyclic) bond motifs is 1. The second-order valence-electron chi connectivity index (χ2n) is 4.49. The van der Waals surface area contributed by atoms with Crippen molar-refractivity contribution in [2.45, 2.75) is 26.7 Å². The topological polar surface area (TPSA) is 0 Å². The van der Waals surface area contributed by atoms with Crippen molar-refractivity contribution in [3.63, 3.8) is 0 Å². The minimum absolute atomic E-state index is 0. The van der Waals surface area contributed by atoms with Crippen LogP contribution in [0.3, 0.4) is 0 Å². The van der Waals surface area contributed by atoms with Gasteiger partial charge >= 0.3 is 26.2 Å². The fourth-order valence-electron chi connectivity index (χ4n) is 2.21. The van der Waals surface area contributed by atoms with Crippen molar-refractivity contribution in [3.8, 4) is 0 Å². The predicted octanol–water partition coefficient (Wildman–Crippen LogP) is -1.19. The van der Waals surface area contributed by atoms with E-state index in [0.29, 0.717) is 5.92 Å². The van der Waals surface area contributed by atoms with Crippen molar-refractivity contribution in [2.24, 2.45) is 0 Å². The Morgan fingerprint density at radius 2 is 1.65 bits per heavy atom. The molecule has 2 aromatic carbocycles. The van der Waals surface area contributed by atoms with Crippen molar-refractivity contribution in [1.29, 1.82) is 0 Å². The molecule has 3 heteroatoms. The smallest absolute Gasteiger partial charge is 1.00 e. The zero-order chi connectivity index (χ0) is 12.3. The number of hydrogen-bond acceptors (Lipinski definition) is 0. The summed E-state index contributed by atoms with van der Waals surface area (Å²) in [6.07, 6.45) is 0. The van der Waals surface area contributed by atoms with E-state index in [2.05, 4.69) is 39.0 Å². The van der Waals surface area contributed by atoms with Gasteiger partial charge in [0.15, 0.2) is 0 Å². The molecule has 0 aliphatic heterocycles. The molecule has 0 amide bonds. The maximum Gasteiger partial charge on any atom is 4.00 e. The van der Waals surface area contributed by atoms with E-state index >= 15 is 0 Å². The Kier molecular flexibility index (Phi) is 11.6. The van der Waals surface area contributed by atoms with Gasteiger partial charge in [0.1, 0.15) is 0 Å². The molecular weight excluding hydrogens is 366 g/mol. The summed E-state index contributed by atoms with van der Waals surface area (Å²) < 4.78 is 0. The van der Waals surface area contributed by atoms with Crippen molar-refractivity contribution < 1.29 is 51.0 Å². The van der Waals surface area contributed by atoms with Crippen LogP contribution in [0.2, 0.25) is 0 Å². The van der Waals surface area contributed by atoms with Crippen LogP contribution in [0.5, 0.6) is 0 Å². The molecule has 0 aromatic heterocycles. The van der Waals surface area contributed by atoms with Gasteiger partial charge in [-0.15, -0.1) is 46.5 Å². The second kappa shape index (κ2) is 10.5. The Labute approximate surface area is 154 Å². The molecule has 0 saturated heterocycles. The summed E-state index contributed by atoms with van der Waals surface area (Å²) in [6.45, 7) is 6.67. The minimum atomic E-state index is 0. The first-order valence-electron chi connectivity index (χ1n) is 6.07. The van der Waals surface area contributed by atoms with Crippen molar-refractivity contribution in [2.75, 3.05) is 0 Å². The van der Waals surface area contributed by atoms with Gasteiger partial charge in [0.05, 0.1) is 0 Å². The van der Waals surface area contributed by atoms with Crippen molar-refractivity contribution in [3.05, 3.63) is 71.3 Å². The van der Waals surface area contributed by atoms with Crippen molar-refractivity contribution >= 4 is 5.57 Å². The van der Waals surface area contributed by atoms with Crippen molar-refractivity contribution in [1.82, 2.24) is 0 Å². The predicted molar refractivity (Wildman–Crippen MR) is 74.0 cm³/mol. The van der Waals surface area contributed by atoms with E-state index in [9.17, 15) is 0 Å². The van der Waals surface area contributed by atoms with Crippen LogP contribution < -0.4 is 24.8 Å². The minimum Gasteiger partial charge on any atom is -1.00 e.